The Morgan fingerprint density at radius 1 is 1.18 bits per heavy atom. The van der Waals surface area contributed by atoms with Crippen molar-refractivity contribution in [2.75, 3.05) is 18.6 Å². The van der Waals surface area contributed by atoms with E-state index >= 15 is 0 Å². The maximum absolute atomic E-state index is 12.5. The number of methoxy groups -OCH3 is 1. The number of para-hydroxylation sites is 1. The molecule has 1 amide bonds. The zero-order valence-corrected chi connectivity index (χ0v) is 13.1. The van der Waals surface area contributed by atoms with E-state index in [-0.39, 0.29) is 12.5 Å². The van der Waals surface area contributed by atoms with Gasteiger partial charge in [0.2, 0.25) is 0 Å². The normalized spacial score (nSPS) is 14.1. The van der Waals surface area contributed by atoms with Gasteiger partial charge in [0.25, 0.3) is 5.91 Å². The summed E-state index contributed by atoms with van der Waals surface area (Å²) in [5, 5.41) is 0. The lowest BCUT2D eigenvalue weighted by Crippen LogP contribution is -2.32. The van der Waals surface area contributed by atoms with Crippen LogP contribution in [0.3, 0.4) is 0 Å². The fourth-order valence-electron chi connectivity index (χ4n) is 2.81. The van der Waals surface area contributed by atoms with Crippen molar-refractivity contribution >= 4 is 11.6 Å². The van der Waals surface area contributed by atoms with Crippen molar-refractivity contribution in [2.24, 2.45) is 0 Å². The number of nitrogens with zero attached hydrogens (tertiary/aromatic N) is 1. The highest BCUT2D eigenvalue weighted by molar-refractivity contribution is 5.95. The number of rotatable bonds is 2. The number of carbonyl (C=O) groups is 1. The van der Waals surface area contributed by atoms with Gasteiger partial charge in [-0.05, 0) is 31.5 Å². The Morgan fingerprint density at radius 2 is 2.00 bits per heavy atom. The molecule has 2 aromatic carbocycles. The molecule has 0 spiro atoms. The number of ether oxygens (including phenoxy) is 2. The molecule has 3 rings (SSSR count). The van der Waals surface area contributed by atoms with Crippen LogP contribution >= 0.6 is 0 Å². The van der Waals surface area contributed by atoms with Crippen LogP contribution in [0.4, 0.5) is 5.69 Å². The van der Waals surface area contributed by atoms with Gasteiger partial charge < -0.3 is 14.4 Å². The number of amides is 1. The molecule has 0 bridgehead atoms. The molecule has 0 saturated carbocycles. The van der Waals surface area contributed by atoms with E-state index in [2.05, 4.69) is 6.07 Å². The Balaban J connectivity index is 2.03. The summed E-state index contributed by atoms with van der Waals surface area (Å²) < 4.78 is 11.0. The maximum Gasteiger partial charge on any atom is 0.265 e. The second-order valence-electron chi connectivity index (χ2n) is 5.51. The van der Waals surface area contributed by atoms with Crippen molar-refractivity contribution in [3.05, 3.63) is 53.1 Å². The number of benzene rings is 2. The third kappa shape index (κ3) is 2.52. The molecule has 2 aromatic rings. The molecule has 0 unspecified atom stereocenters. The first-order valence-corrected chi connectivity index (χ1v) is 7.26. The first-order chi connectivity index (χ1) is 10.6. The molecule has 1 aliphatic heterocycles. The number of aryl methyl sites for hydroxylation is 2. The van der Waals surface area contributed by atoms with Crippen molar-refractivity contribution in [2.45, 2.75) is 20.4 Å². The predicted octanol–water partition coefficient (Wildman–Crippen LogP) is 3.24. The molecule has 0 atom stereocenters. The number of hydrogen-bond acceptors (Lipinski definition) is 3. The molecular weight excluding hydrogens is 278 g/mol. The van der Waals surface area contributed by atoms with Gasteiger partial charge in [0.1, 0.15) is 0 Å². The lowest BCUT2D eigenvalue weighted by atomic mass is 10.1. The summed E-state index contributed by atoms with van der Waals surface area (Å²) in [6.07, 6.45) is 0. The Bertz CT molecular complexity index is 724. The van der Waals surface area contributed by atoms with Crippen LogP contribution in [-0.4, -0.2) is 19.6 Å². The van der Waals surface area contributed by atoms with Gasteiger partial charge in [-0.15, -0.1) is 0 Å². The molecule has 0 radical (unpaired) electrons. The molecule has 1 heterocycles. The summed E-state index contributed by atoms with van der Waals surface area (Å²) >= 11 is 0. The molecule has 22 heavy (non-hydrogen) atoms. The van der Waals surface area contributed by atoms with Crippen LogP contribution in [0.2, 0.25) is 0 Å². The molecule has 0 aliphatic carbocycles. The minimum atomic E-state index is -0.0507. The molecule has 0 N–H and O–H groups in total. The molecule has 0 fully saturated rings. The van der Waals surface area contributed by atoms with Crippen molar-refractivity contribution < 1.29 is 14.3 Å². The third-order valence-corrected chi connectivity index (χ3v) is 3.89. The summed E-state index contributed by atoms with van der Waals surface area (Å²) in [5.41, 5.74) is 4.14. The van der Waals surface area contributed by atoms with Crippen molar-refractivity contribution in [1.29, 1.82) is 0 Å². The van der Waals surface area contributed by atoms with Crippen molar-refractivity contribution in [3.8, 4) is 11.5 Å². The average Bonchev–Trinajstić information content (AvgIpc) is 2.67. The van der Waals surface area contributed by atoms with Gasteiger partial charge in [0.05, 0.1) is 13.7 Å². The molecule has 114 valence electrons. The summed E-state index contributed by atoms with van der Waals surface area (Å²) in [6.45, 7) is 4.56. The summed E-state index contributed by atoms with van der Waals surface area (Å²) in [5.74, 6) is 1.27. The van der Waals surface area contributed by atoms with E-state index < -0.39 is 0 Å². The first kappa shape index (κ1) is 14.4. The number of anilines is 1. The van der Waals surface area contributed by atoms with Crippen LogP contribution in [0.5, 0.6) is 11.5 Å². The SMILES string of the molecule is COc1cccc2c1OCC(=O)N(c1ccc(C)cc1C)C2. The summed E-state index contributed by atoms with van der Waals surface area (Å²) in [4.78, 5) is 14.3. The number of hydrogen-bond donors (Lipinski definition) is 0. The van der Waals surface area contributed by atoms with Gasteiger partial charge in [-0.1, -0.05) is 29.8 Å². The Kier molecular flexibility index (Phi) is 3.75. The van der Waals surface area contributed by atoms with Crippen LogP contribution in [-0.2, 0) is 11.3 Å². The van der Waals surface area contributed by atoms with Gasteiger partial charge in [-0.25, -0.2) is 0 Å². The quantitative estimate of drug-likeness (QED) is 0.854. The fraction of sp³-hybridized carbons (Fsp3) is 0.278. The van der Waals surface area contributed by atoms with E-state index in [9.17, 15) is 4.79 Å². The second kappa shape index (κ2) is 5.72. The third-order valence-electron chi connectivity index (χ3n) is 3.89. The highest BCUT2D eigenvalue weighted by Gasteiger charge is 2.25. The summed E-state index contributed by atoms with van der Waals surface area (Å²) in [6, 6.07) is 11.8. The van der Waals surface area contributed by atoms with Crippen molar-refractivity contribution in [3.63, 3.8) is 0 Å². The minimum absolute atomic E-state index is 0.0146. The van der Waals surface area contributed by atoms with Gasteiger partial charge >= 0.3 is 0 Å². The fourth-order valence-corrected chi connectivity index (χ4v) is 2.81. The smallest absolute Gasteiger partial charge is 0.265 e. The van der Waals surface area contributed by atoms with E-state index in [1.807, 2.05) is 44.2 Å². The van der Waals surface area contributed by atoms with Crippen LogP contribution in [0, 0.1) is 13.8 Å². The van der Waals surface area contributed by atoms with E-state index in [4.69, 9.17) is 9.47 Å². The topological polar surface area (TPSA) is 38.8 Å². The average molecular weight is 297 g/mol. The highest BCUT2D eigenvalue weighted by atomic mass is 16.5. The maximum atomic E-state index is 12.5. The van der Waals surface area contributed by atoms with E-state index in [0.29, 0.717) is 18.0 Å². The lowest BCUT2D eigenvalue weighted by molar-refractivity contribution is -0.120. The Hall–Kier alpha value is -2.49. The molecule has 1 aliphatic rings. The molecular formula is C18H19NO3. The zero-order chi connectivity index (χ0) is 15.7. The minimum Gasteiger partial charge on any atom is -0.493 e. The Morgan fingerprint density at radius 3 is 2.73 bits per heavy atom. The van der Waals surface area contributed by atoms with Gasteiger partial charge in [0.15, 0.2) is 18.1 Å². The number of fused-ring (bicyclic) bond motifs is 1. The van der Waals surface area contributed by atoms with Crippen LogP contribution in [0.25, 0.3) is 0 Å². The largest absolute Gasteiger partial charge is 0.493 e. The molecule has 4 heteroatoms. The van der Waals surface area contributed by atoms with E-state index in [1.54, 1.807) is 12.0 Å². The standard InChI is InChI=1S/C18H19NO3/c1-12-7-8-15(13(2)9-12)19-10-14-5-4-6-16(21-3)18(14)22-11-17(19)20/h4-9H,10-11H2,1-3H3. The summed E-state index contributed by atoms with van der Waals surface area (Å²) in [7, 11) is 1.60. The van der Waals surface area contributed by atoms with E-state index in [0.717, 1.165) is 16.8 Å². The second-order valence-corrected chi connectivity index (χ2v) is 5.51. The molecule has 4 nitrogen and oxygen atoms in total. The molecule has 0 aromatic heterocycles. The van der Waals surface area contributed by atoms with Crippen molar-refractivity contribution in [1.82, 2.24) is 0 Å². The van der Waals surface area contributed by atoms with Gasteiger partial charge in [-0.2, -0.15) is 0 Å². The predicted molar refractivity (Wildman–Crippen MR) is 85.6 cm³/mol. The van der Waals surface area contributed by atoms with Crippen LogP contribution in [0.1, 0.15) is 16.7 Å². The Labute approximate surface area is 130 Å². The highest BCUT2D eigenvalue weighted by Crippen LogP contribution is 2.35. The first-order valence-electron chi connectivity index (χ1n) is 7.26. The molecule has 0 saturated heterocycles. The van der Waals surface area contributed by atoms with Gasteiger partial charge in [0, 0.05) is 11.3 Å². The van der Waals surface area contributed by atoms with E-state index in [1.165, 1.54) is 5.56 Å². The monoisotopic (exact) mass is 297 g/mol. The van der Waals surface area contributed by atoms with Crippen LogP contribution in [0.15, 0.2) is 36.4 Å². The number of carbonyl (C=O) groups excluding carboxylic acids is 1. The zero-order valence-electron chi connectivity index (χ0n) is 13.1. The van der Waals surface area contributed by atoms with Crippen LogP contribution < -0.4 is 14.4 Å². The lowest BCUT2D eigenvalue weighted by Gasteiger charge is -2.22. The van der Waals surface area contributed by atoms with Gasteiger partial charge in [-0.3, -0.25) is 4.79 Å².